The maximum Gasteiger partial charge on any atom is 0.146 e. The van der Waals surface area contributed by atoms with Crippen molar-refractivity contribution in [1.82, 2.24) is 9.97 Å². The molecular weight excluding hydrogens is 296 g/mol. The molecule has 0 spiro atoms. The third-order valence-electron chi connectivity index (χ3n) is 2.58. The molecule has 0 aliphatic rings. The Kier molecular flexibility index (Phi) is 6.35. The van der Waals surface area contributed by atoms with Crippen LogP contribution in [-0.2, 0) is 0 Å². The van der Waals surface area contributed by atoms with Crippen molar-refractivity contribution in [2.45, 2.75) is 33.3 Å². The highest BCUT2D eigenvalue weighted by molar-refractivity contribution is 9.10. The predicted octanol–water partition coefficient (Wildman–Crippen LogP) is 2.49. The van der Waals surface area contributed by atoms with Crippen molar-refractivity contribution in [3.05, 3.63) is 10.8 Å². The molecule has 1 heterocycles. The molecule has 3 N–H and O–H groups in total. The standard InChI is InChI=1S/C12H21BrN4O/c1-4-5-14-11-10(13)12(17-7-16-11)15-6-9(18)8(2)3/h7-9,18H,4-6H2,1-3H3,(H2,14,15,16,17). The number of hydrogen-bond donors (Lipinski definition) is 3. The Morgan fingerprint density at radius 2 is 1.89 bits per heavy atom. The van der Waals surface area contributed by atoms with Crippen molar-refractivity contribution >= 4 is 27.6 Å². The lowest BCUT2D eigenvalue weighted by Gasteiger charge is -2.16. The summed E-state index contributed by atoms with van der Waals surface area (Å²) in [4.78, 5) is 8.33. The maximum absolute atomic E-state index is 9.75. The maximum atomic E-state index is 9.75. The molecule has 0 aliphatic carbocycles. The lowest BCUT2D eigenvalue weighted by molar-refractivity contribution is 0.138. The Morgan fingerprint density at radius 3 is 2.44 bits per heavy atom. The number of nitrogens with one attached hydrogen (secondary N) is 2. The van der Waals surface area contributed by atoms with Gasteiger partial charge in [-0.1, -0.05) is 20.8 Å². The summed E-state index contributed by atoms with van der Waals surface area (Å²) in [6.45, 7) is 7.40. The highest BCUT2D eigenvalue weighted by Crippen LogP contribution is 2.26. The van der Waals surface area contributed by atoms with Crippen LogP contribution < -0.4 is 10.6 Å². The summed E-state index contributed by atoms with van der Waals surface area (Å²) in [7, 11) is 0. The zero-order chi connectivity index (χ0) is 13.5. The number of hydrogen-bond acceptors (Lipinski definition) is 5. The van der Waals surface area contributed by atoms with Crippen LogP contribution in [0.25, 0.3) is 0 Å². The zero-order valence-electron chi connectivity index (χ0n) is 11.1. The normalized spacial score (nSPS) is 12.6. The van der Waals surface area contributed by atoms with Crippen molar-refractivity contribution in [3.8, 4) is 0 Å². The molecule has 0 saturated carbocycles. The van der Waals surface area contributed by atoms with Crippen molar-refractivity contribution in [1.29, 1.82) is 0 Å². The summed E-state index contributed by atoms with van der Waals surface area (Å²) in [6, 6.07) is 0. The second-order valence-electron chi connectivity index (χ2n) is 4.50. The molecular formula is C12H21BrN4O. The molecule has 0 bridgehead atoms. The first-order chi connectivity index (χ1) is 8.56. The van der Waals surface area contributed by atoms with Crippen molar-refractivity contribution in [3.63, 3.8) is 0 Å². The average molecular weight is 317 g/mol. The molecule has 1 aromatic rings. The van der Waals surface area contributed by atoms with E-state index in [1.807, 2.05) is 13.8 Å². The van der Waals surface area contributed by atoms with Gasteiger partial charge >= 0.3 is 0 Å². The SMILES string of the molecule is CCCNc1ncnc(NCC(O)C(C)C)c1Br. The van der Waals surface area contributed by atoms with E-state index in [2.05, 4.69) is 43.5 Å². The highest BCUT2D eigenvalue weighted by atomic mass is 79.9. The van der Waals surface area contributed by atoms with Gasteiger partial charge in [-0.05, 0) is 28.3 Å². The summed E-state index contributed by atoms with van der Waals surface area (Å²) in [6.07, 6.45) is 2.15. The summed E-state index contributed by atoms with van der Waals surface area (Å²) >= 11 is 3.47. The molecule has 5 nitrogen and oxygen atoms in total. The van der Waals surface area contributed by atoms with Gasteiger partial charge in [0.1, 0.15) is 22.4 Å². The lowest BCUT2D eigenvalue weighted by Crippen LogP contribution is -2.25. The zero-order valence-corrected chi connectivity index (χ0v) is 12.7. The van der Waals surface area contributed by atoms with Crippen LogP contribution in [0.5, 0.6) is 0 Å². The number of rotatable bonds is 7. The van der Waals surface area contributed by atoms with E-state index in [4.69, 9.17) is 0 Å². The number of halogens is 1. The van der Waals surface area contributed by atoms with Crippen LogP contribution in [0.1, 0.15) is 27.2 Å². The van der Waals surface area contributed by atoms with Crippen LogP contribution in [0.15, 0.2) is 10.8 Å². The van der Waals surface area contributed by atoms with Gasteiger partial charge in [0.2, 0.25) is 0 Å². The molecule has 1 aromatic heterocycles. The monoisotopic (exact) mass is 316 g/mol. The molecule has 0 radical (unpaired) electrons. The van der Waals surface area contributed by atoms with Crippen molar-refractivity contribution in [2.75, 3.05) is 23.7 Å². The van der Waals surface area contributed by atoms with Crippen molar-refractivity contribution < 1.29 is 5.11 Å². The van der Waals surface area contributed by atoms with E-state index in [0.717, 1.165) is 23.3 Å². The summed E-state index contributed by atoms with van der Waals surface area (Å²) in [5.74, 6) is 1.69. The Morgan fingerprint density at radius 1 is 1.28 bits per heavy atom. The largest absolute Gasteiger partial charge is 0.391 e. The molecule has 0 fully saturated rings. The Balaban J connectivity index is 2.65. The minimum Gasteiger partial charge on any atom is -0.391 e. The minimum absolute atomic E-state index is 0.218. The van der Waals surface area contributed by atoms with Gasteiger partial charge in [-0.2, -0.15) is 0 Å². The fraction of sp³-hybridized carbons (Fsp3) is 0.667. The summed E-state index contributed by atoms with van der Waals surface area (Å²) in [5, 5.41) is 16.1. The van der Waals surface area contributed by atoms with Gasteiger partial charge in [0, 0.05) is 13.1 Å². The van der Waals surface area contributed by atoms with Gasteiger partial charge in [0.25, 0.3) is 0 Å². The van der Waals surface area contributed by atoms with Crippen LogP contribution in [-0.4, -0.2) is 34.3 Å². The first kappa shape index (κ1) is 15.2. The number of aromatic nitrogens is 2. The third-order valence-corrected chi connectivity index (χ3v) is 3.33. The van der Waals surface area contributed by atoms with Gasteiger partial charge in [-0.15, -0.1) is 0 Å². The van der Waals surface area contributed by atoms with E-state index < -0.39 is 0 Å². The molecule has 18 heavy (non-hydrogen) atoms. The summed E-state index contributed by atoms with van der Waals surface area (Å²) in [5.41, 5.74) is 0. The smallest absolute Gasteiger partial charge is 0.146 e. The number of aliphatic hydroxyl groups excluding tert-OH is 1. The van der Waals surface area contributed by atoms with Gasteiger partial charge in [0.15, 0.2) is 0 Å². The van der Waals surface area contributed by atoms with Crippen LogP contribution in [0.3, 0.4) is 0 Å². The topological polar surface area (TPSA) is 70.1 Å². The van der Waals surface area contributed by atoms with Crippen LogP contribution in [0.2, 0.25) is 0 Å². The van der Waals surface area contributed by atoms with Crippen LogP contribution >= 0.6 is 15.9 Å². The molecule has 1 atom stereocenters. The van der Waals surface area contributed by atoms with E-state index >= 15 is 0 Å². The van der Waals surface area contributed by atoms with Crippen LogP contribution in [0.4, 0.5) is 11.6 Å². The highest BCUT2D eigenvalue weighted by Gasteiger charge is 2.12. The first-order valence-electron chi connectivity index (χ1n) is 6.22. The van der Waals surface area contributed by atoms with E-state index in [9.17, 15) is 5.11 Å². The molecule has 0 amide bonds. The number of anilines is 2. The summed E-state index contributed by atoms with van der Waals surface area (Å²) < 4.78 is 0.800. The Labute approximate surface area is 117 Å². The van der Waals surface area contributed by atoms with Crippen LogP contribution in [0, 0.1) is 5.92 Å². The Bertz CT molecular complexity index is 373. The third kappa shape index (κ3) is 4.42. The van der Waals surface area contributed by atoms with Gasteiger partial charge in [-0.25, -0.2) is 9.97 Å². The molecule has 102 valence electrons. The van der Waals surface area contributed by atoms with Crippen molar-refractivity contribution in [2.24, 2.45) is 5.92 Å². The van der Waals surface area contributed by atoms with Gasteiger partial charge < -0.3 is 15.7 Å². The molecule has 1 unspecified atom stereocenters. The first-order valence-corrected chi connectivity index (χ1v) is 7.01. The van der Waals surface area contributed by atoms with E-state index in [0.29, 0.717) is 12.4 Å². The van der Waals surface area contributed by atoms with E-state index in [1.54, 1.807) is 0 Å². The Hall–Kier alpha value is -0.880. The molecule has 0 saturated heterocycles. The van der Waals surface area contributed by atoms with Gasteiger partial charge in [0.05, 0.1) is 6.10 Å². The second kappa shape index (κ2) is 7.53. The molecule has 0 aromatic carbocycles. The van der Waals surface area contributed by atoms with E-state index in [1.165, 1.54) is 6.33 Å². The second-order valence-corrected chi connectivity index (χ2v) is 5.30. The number of nitrogens with zero attached hydrogens (tertiary/aromatic N) is 2. The average Bonchev–Trinajstić information content (AvgIpc) is 2.35. The lowest BCUT2D eigenvalue weighted by atomic mass is 10.1. The minimum atomic E-state index is -0.390. The van der Waals surface area contributed by atoms with Gasteiger partial charge in [-0.3, -0.25) is 0 Å². The predicted molar refractivity (Wildman–Crippen MR) is 77.8 cm³/mol. The fourth-order valence-electron chi connectivity index (χ4n) is 1.30. The molecule has 6 heteroatoms. The van der Waals surface area contributed by atoms with E-state index in [-0.39, 0.29) is 12.0 Å². The fourth-order valence-corrected chi connectivity index (χ4v) is 1.78. The molecule has 0 aliphatic heterocycles. The quantitative estimate of drug-likeness (QED) is 0.721. The molecule has 1 rings (SSSR count). The number of aliphatic hydroxyl groups is 1.